The molecule has 2 aliphatic rings. The van der Waals surface area contributed by atoms with Gasteiger partial charge in [0.25, 0.3) is 5.69 Å². The molecule has 1 aliphatic heterocycles. The van der Waals surface area contributed by atoms with Crippen LogP contribution in [0.4, 0.5) is 10.5 Å². The number of hydrogen-bond acceptors (Lipinski definition) is 4. The van der Waals surface area contributed by atoms with Crippen molar-refractivity contribution in [3.63, 3.8) is 0 Å². The molecule has 25 heavy (non-hydrogen) atoms. The molecule has 2 N–H and O–H groups in total. The first kappa shape index (κ1) is 17.7. The van der Waals surface area contributed by atoms with Gasteiger partial charge in [-0.1, -0.05) is 12.1 Å². The van der Waals surface area contributed by atoms with Crippen LogP contribution in [0.2, 0.25) is 0 Å². The van der Waals surface area contributed by atoms with Crippen LogP contribution < -0.4 is 10.6 Å². The number of nitrogens with one attached hydrogen (secondary N) is 2. The molecule has 1 aromatic rings. The Labute approximate surface area is 147 Å². The van der Waals surface area contributed by atoms with E-state index in [2.05, 4.69) is 15.5 Å². The molecule has 136 valence electrons. The summed E-state index contributed by atoms with van der Waals surface area (Å²) in [5.74, 6) is 0. The number of amides is 2. The van der Waals surface area contributed by atoms with Gasteiger partial charge in [0.2, 0.25) is 0 Å². The third-order valence-corrected chi connectivity index (χ3v) is 5.21. The van der Waals surface area contributed by atoms with Crippen LogP contribution in [0.1, 0.15) is 49.8 Å². The van der Waals surface area contributed by atoms with Crippen molar-refractivity contribution in [3.8, 4) is 0 Å². The van der Waals surface area contributed by atoms with E-state index in [9.17, 15) is 14.9 Å². The van der Waals surface area contributed by atoms with E-state index in [1.54, 1.807) is 13.0 Å². The van der Waals surface area contributed by atoms with Gasteiger partial charge in [-0.05, 0) is 45.1 Å². The van der Waals surface area contributed by atoms with Gasteiger partial charge in [-0.25, -0.2) is 4.79 Å². The van der Waals surface area contributed by atoms with E-state index in [0.717, 1.165) is 37.5 Å². The van der Waals surface area contributed by atoms with Crippen LogP contribution in [-0.4, -0.2) is 41.0 Å². The zero-order valence-electron chi connectivity index (χ0n) is 14.8. The summed E-state index contributed by atoms with van der Waals surface area (Å²) in [5, 5.41) is 17.0. The second kappa shape index (κ2) is 7.39. The van der Waals surface area contributed by atoms with Crippen molar-refractivity contribution in [2.24, 2.45) is 0 Å². The average Bonchev–Trinajstić information content (AvgIpc) is 3.40. The number of carbonyl (C=O) groups excluding carboxylic acids is 1. The molecule has 1 saturated carbocycles. The van der Waals surface area contributed by atoms with Crippen LogP contribution in [0.25, 0.3) is 0 Å². The van der Waals surface area contributed by atoms with Gasteiger partial charge in [0.05, 0.1) is 11.0 Å². The predicted molar refractivity (Wildman–Crippen MR) is 95.5 cm³/mol. The Hall–Kier alpha value is -2.15. The predicted octanol–water partition coefficient (Wildman–Crippen LogP) is 2.89. The highest BCUT2D eigenvalue weighted by atomic mass is 16.6. The van der Waals surface area contributed by atoms with Crippen LogP contribution in [0.5, 0.6) is 0 Å². The second-order valence-electron chi connectivity index (χ2n) is 7.18. The smallest absolute Gasteiger partial charge is 0.315 e. The lowest BCUT2D eigenvalue weighted by Crippen LogP contribution is -2.48. The van der Waals surface area contributed by atoms with Crippen molar-refractivity contribution < 1.29 is 9.72 Å². The molecule has 0 aromatic heterocycles. The van der Waals surface area contributed by atoms with Crippen LogP contribution in [0.3, 0.4) is 0 Å². The first-order chi connectivity index (χ1) is 11.9. The lowest BCUT2D eigenvalue weighted by Gasteiger charge is -2.32. The largest absolute Gasteiger partial charge is 0.335 e. The zero-order valence-corrected chi connectivity index (χ0v) is 14.8. The number of urea groups is 1. The third-order valence-electron chi connectivity index (χ3n) is 5.21. The minimum absolute atomic E-state index is 0.0824. The summed E-state index contributed by atoms with van der Waals surface area (Å²) in [6.45, 7) is 5.65. The number of benzene rings is 1. The molecular formula is C18H26N4O3. The number of carbonyl (C=O) groups is 1. The van der Waals surface area contributed by atoms with Gasteiger partial charge in [0, 0.05) is 36.8 Å². The first-order valence-corrected chi connectivity index (χ1v) is 9.00. The highest BCUT2D eigenvalue weighted by Gasteiger charge is 2.32. The molecular weight excluding hydrogens is 320 g/mol. The van der Waals surface area contributed by atoms with Crippen molar-refractivity contribution in [2.75, 3.05) is 13.1 Å². The SMILES string of the molecule is Cc1ccc([C@H](C)NC(=O)NC2CCN(C3CC3)CC2)cc1[N+](=O)[O-]. The van der Waals surface area contributed by atoms with Gasteiger partial charge in [0.1, 0.15) is 0 Å². The van der Waals surface area contributed by atoms with Crippen LogP contribution >= 0.6 is 0 Å². The highest BCUT2D eigenvalue weighted by Crippen LogP contribution is 2.29. The zero-order chi connectivity index (χ0) is 18.0. The maximum Gasteiger partial charge on any atom is 0.315 e. The molecule has 3 rings (SSSR count). The number of likely N-dealkylation sites (tertiary alicyclic amines) is 1. The first-order valence-electron chi connectivity index (χ1n) is 9.00. The van der Waals surface area contributed by atoms with Crippen molar-refractivity contribution in [1.82, 2.24) is 15.5 Å². The van der Waals surface area contributed by atoms with Gasteiger partial charge >= 0.3 is 6.03 Å². The third kappa shape index (κ3) is 4.48. The van der Waals surface area contributed by atoms with Gasteiger partial charge < -0.3 is 15.5 Å². The second-order valence-corrected chi connectivity index (χ2v) is 7.18. The lowest BCUT2D eigenvalue weighted by molar-refractivity contribution is -0.385. The number of nitrogens with zero attached hydrogens (tertiary/aromatic N) is 2. The number of nitro benzene ring substituents is 1. The van der Waals surface area contributed by atoms with E-state index in [4.69, 9.17) is 0 Å². The Morgan fingerprint density at radius 3 is 2.56 bits per heavy atom. The van der Waals surface area contributed by atoms with E-state index in [1.165, 1.54) is 18.9 Å². The monoisotopic (exact) mass is 346 g/mol. The Bertz CT molecular complexity index is 652. The summed E-state index contributed by atoms with van der Waals surface area (Å²) in [5.41, 5.74) is 1.43. The van der Waals surface area contributed by atoms with Crippen molar-refractivity contribution in [2.45, 2.75) is 57.7 Å². The number of piperidine rings is 1. The summed E-state index contributed by atoms with van der Waals surface area (Å²) in [7, 11) is 0. The molecule has 0 unspecified atom stereocenters. The van der Waals surface area contributed by atoms with E-state index < -0.39 is 0 Å². The topological polar surface area (TPSA) is 87.5 Å². The summed E-state index contributed by atoms with van der Waals surface area (Å²) >= 11 is 0. The summed E-state index contributed by atoms with van der Waals surface area (Å²) in [4.78, 5) is 25.4. The van der Waals surface area contributed by atoms with E-state index in [0.29, 0.717) is 5.56 Å². The summed E-state index contributed by atoms with van der Waals surface area (Å²) in [6, 6.07) is 5.57. The molecule has 0 bridgehead atoms. The van der Waals surface area contributed by atoms with Gasteiger partial charge in [-0.15, -0.1) is 0 Å². The summed E-state index contributed by atoms with van der Waals surface area (Å²) < 4.78 is 0. The van der Waals surface area contributed by atoms with Crippen molar-refractivity contribution >= 4 is 11.7 Å². The minimum Gasteiger partial charge on any atom is -0.335 e. The number of hydrogen-bond donors (Lipinski definition) is 2. The maximum absolute atomic E-state index is 12.2. The van der Waals surface area contributed by atoms with Gasteiger partial charge in [-0.2, -0.15) is 0 Å². The molecule has 0 radical (unpaired) electrons. The van der Waals surface area contributed by atoms with E-state index in [1.807, 2.05) is 13.0 Å². The summed E-state index contributed by atoms with van der Waals surface area (Å²) in [6.07, 6.45) is 4.60. The molecule has 1 saturated heterocycles. The lowest BCUT2D eigenvalue weighted by atomic mass is 10.0. The molecule has 2 amide bonds. The Morgan fingerprint density at radius 1 is 1.28 bits per heavy atom. The number of rotatable bonds is 5. The van der Waals surface area contributed by atoms with E-state index >= 15 is 0 Å². The fraction of sp³-hybridized carbons (Fsp3) is 0.611. The highest BCUT2D eigenvalue weighted by molar-refractivity contribution is 5.74. The van der Waals surface area contributed by atoms with Gasteiger partial charge in [0.15, 0.2) is 0 Å². The minimum atomic E-state index is -0.390. The molecule has 1 atom stereocenters. The van der Waals surface area contributed by atoms with Crippen molar-refractivity contribution in [1.29, 1.82) is 0 Å². The molecule has 0 spiro atoms. The van der Waals surface area contributed by atoms with Crippen LogP contribution in [0, 0.1) is 17.0 Å². The molecule has 7 heteroatoms. The normalized spacial score (nSPS) is 20.1. The molecule has 7 nitrogen and oxygen atoms in total. The van der Waals surface area contributed by atoms with Crippen LogP contribution in [0.15, 0.2) is 18.2 Å². The molecule has 2 fully saturated rings. The van der Waals surface area contributed by atoms with Crippen LogP contribution in [-0.2, 0) is 0 Å². The van der Waals surface area contributed by atoms with E-state index in [-0.39, 0.29) is 28.7 Å². The number of nitro groups is 1. The molecule has 1 aliphatic carbocycles. The standard InChI is InChI=1S/C18H26N4O3/c1-12-3-4-14(11-17(12)22(24)25)13(2)19-18(23)20-15-7-9-21(10-8-15)16-5-6-16/h3-4,11,13,15-16H,5-10H2,1-2H3,(H2,19,20,23)/t13-/m0/s1. The fourth-order valence-electron chi connectivity index (χ4n) is 3.45. The Morgan fingerprint density at radius 2 is 1.96 bits per heavy atom. The van der Waals surface area contributed by atoms with Crippen molar-refractivity contribution in [3.05, 3.63) is 39.4 Å². The molecule has 1 aromatic carbocycles. The Balaban J connectivity index is 1.50. The average molecular weight is 346 g/mol. The number of aryl methyl sites for hydroxylation is 1. The van der Waals surface area contributed by atoms with Gasteiger partial charge in [-0.3, -0.25) is 10.1 Å². The maximum atomic E-state index is 12.2. The quantitative estimate of drug-likeness (QED) is 0.634. The Kier molecular flexibility index (Phi) is 5.22. The molecule has 1 heterocycles. The fourth-order valence-corrected chi connectivity index (χ4v) is 3.45.